The summed E-state index contributed by atoms with van der Waals surface area (Å²) >= 11 is 3.23. The van der Waals surface area contributed by atoms with Crippen molar-refractivity contribution in [1.29, 1.82) is 0 Å². The van der Waals surface area contributed by atoms with Crippen LogP contribution in [0.25, 0.3) is 5.69 Å². The van der Waals surface area contributed by atoms with Crippen LogP contribution in [-0.4, -0.2) is 19.8 Å². The van der Waals surface area contributed by atoms with E-state index in [0.29, 0.717) is 10.9 Å². The maximum atomic E-state index is 13.7. The highest BCUT2D eigenvalue weighted by atomic mass is 79.9. The largest absolute Gasteiger partial charge is 0.368 e. The molecule has 16 heavy (non-hydrogen) atoms. The Morgan fingerprint density at radius 1 is 1.44 bits per heavy atom. The van der Waals surface area contributed by atoms with Crippen LogP contribution < -0.4 is 5.69 Å². The third-order valence-corrected chi connectivity index (χ3v) is 2.75. The zero-order valence-corrected chi connectivity index (χ0v) is 9.98. The Balaban J connectivity index is 2.73. The van der Waals surface area contributed by atoms with E-state index in [1.54, 1.807) is 12.1 Å². The van der Waals surface area contributed by atoms with Crippen molar-refractivity contribution in [3.05, 3.63) is 40.1 Å². The first-order valence-corrected chi connectivity index (χ1v) is 5.60. The number of aromatic nitrogens is 4. The monoisotopic (exact) mass is 286 g/mol. The van der Waals surface area contributed by atoms with E-state index >= 15 is 0 Å². The summed E-state index contributed by atoms with van der Waals surface area (Å²) in [5.74, 6) is -0.500. The quantitative estimate of drug-likeness (QED) is 0.774. The van der Waals surface area contributed by atoms with Crippen LogP contribution in [0.1, 0.15) is 5.56 Å². The number of benzene rings is 1. The van der Waals surface area contributed by atoms with Crippen molar-refractivity contribution in [2.24, 2.45) is 7.05 Å². The van der Waals surface area contributed by atoms with Gasteiger partial charge in [-0.15, -0.1) is 0 Å². The molecule has 0 N–H and O–H groups in total. The Kier molecular flexibility index (Phi) is 2.86. The molecule has 0 bridgehead atoms. The van der Waals surface area contributed by atoms with Crippen molar-refractivity contribution in [3.63, 3.8) is 0 Å². The van der Waals surface area contributed by atoms with Crippen LogP contribution in [0, 0.1) is 5.82 Å². The lowest BCUT2D eigenvalue weighted by Gasteiger charge is -2.05. The fraction of sp³-hybridized carbons (Fsp3) is 0.222. The number of aryl methyl sites for hydroxylation is 1. The van der Waals surface area contributed by atoms with Crippen LogP contribution in [-0.2, 0) is 12.4 Å². The van der Waals surface area contributed by atoms with Gasteiger partial charge in [0.15, 0.2) is 0 Å². The summed E-state index contributed by atoms with van der Waals surface area (Å²) in [5, 5.41) is 7.59. The second kappa shape index (κ2) is 4.17. The predicted molar refractivity (Wildman–Crippen MR) is 59.2 cm³/mol. The van der Waals surface area contributed by atoms with Crippen LogP contribution in [0.2, 0.25) is 0 Å². The van der Waals surface area contributed by atoms with Gasteiger partial charge in [0.05, 0.1) is 0 Å². The molecule has 1 heterocycles. The lowest BCUT2D eigenvalue weighted by Crippen LogP contribution is -2.23. The number of hydrogen-bond acceptors (Lipinski definition) is 3. The Morgan fingerprint density at radius 3 is 2.75 bits per heavy atom. The third-order valence-electron chi connectivity index (χ3n) is 2.15. The van der Waals surface area contributed by atoms with Gasteiger partial charge in [-0.2, -0.15) is 9.36 Å². The van der Waals surface area contributed by atoms with Crippen LogP contribution in [0.15, 0.2) is 23.0 Å². The number of hydrogen-bond donors (Lipinski definition) is 0. The minimum atomic E-state index is -0.500. The fourth-order valence-corrected chi connectivity index (χ4v) is 1.81. The first-order chi connectivity index (χ1) is 7.65. The molecule has 0 aliphatic carbocycles. The molecule has 2 aromatic rings. The van der Waals surface area contributed by atoms with Gasteiger partial charge < -0.3 is 0 Å². The maximum absolute atomic E-state index is 13.7. The minimum Gasteiger partial charge on any atom is -0.244 e. The van der Waals surface area contributed by atoms with Gasteiger partial charge in [-0.05, 0) is 22.1 Å². The molecule has 0 atom stereocenters. The van der Waals surface area contributed by atoms with Gasteiger partial charge in [-0.25, -0.2) is 9.18 Å². The second-order valence-electron chi connectivity index (χ2n) is 3.18. The summed E-state index contributed by atoms with van der Waals surface area (Å²) in [5.41, 5.74) is 0.298. The Bertz CT molecular complexity index is 577. The summed E-state index contributed by atoms with van der Waals surface area (Å²) in [6.07, 6.45) is 0. The van der Waals surface area contributed by atoms with E-state index in [0.717, 1.165) is 9.36 Å². The molecule has 1 aromatic heterocycles. The first-order valence-electron chi connectivity index (χ1n) is 4.48. The number of para-hydroxylation sites is 1. The lowest BCUT2D eigenvalue weighted by atomic mass is 10.2. The molecular formula is C9H8BrFN4O. The van der Waals surface area contributed by atoms with Gasteiger partial charge in [0.25, 0.3) is 0 Å². The molecule has 0 amide bonds. The van der Waals surface area contributed by atoms with E-state index in [1.807, 2.05) is 0 Å². The van der Waals surface area contributed by atoms with Crippen molar-refractivity contribution < 1.29 is 4.39 Å². The number of nitrogens with zero attached hydrogens (tertiary/aromatic N) is 4. The van der Waals surface area contributed by atoms with E-state index in [2.05, 4.69) is 26.4 Å². The van der Waals surface area contributed by atoms with E-state index in [1.165, 1.54) is 13.1 Å². The molecule has 2 rings (SSSR count). The Morgan fingerprint density at radius 2 is 2.19 bits per heavy atom. The van der Waals surface area contributed by atoms with Crippen LogP contribution in [0.3, 0.4) is 0 Å². The molecule has 0 spiro atoms. The molecule has 0 aliphatic rings. The maximum Gasteiger partial charge on any atom is 0.368 e. The molecular weight excluding hydrogens is 279 g/mol. The van der Waals surface area contributed by atoms with E-state index in [9.17, 15) is 9.18 Å². The highest BCUT2D eigenvalue weighted by molar-refractivity contribution is 9.08. The Labute approximate surface area is 98.6 Å². The van der Waals surface area contributed by atoms with E-state index in [4.69, 9.17) is 0 Å². The molecule has 84 valence electrons. The normalized spacial score (nSPS) is 10.7. The number of alkyl halides is 1. The topological polar surface area (TPSA) is 52.7 Å². The first kappa shape index (κ1) is 11.0. The predicted octanol–water partition coefficient (Wildman–Crippen LogP) is 1.000. The lowest BCUT2D eigenvalue weighted by molar-refractivity contribution is 0.602. The molecule has 0 radical (unpaired) electrons. The van der Waals surface area contributed by atoms with Crippen molar-refractivity contribution in [2.75, 3.05) is 0 Å². The Hall–Kier alpha value is -1.50. The average Bonchev–Trinajstić information content (AvgIpc) is 2.60. The van der Waals surface area contributed by atoms with Gasteiger partial charge in [-0.1, -0.05) is 28.1 Å². The summed E-state index contributed by atoms with van der Waals surface area (Å²) in [6.45, 7) is 0. The molecule has 1 aromatic carbocycles. The molecule has 0 aliphatic heterocycles. The van der Waals surface area contributed by atoms with Gasteiger partial charge >= 0.3 is 5.69 Å². The van der Waals surface area contributed by atoms with Crippen molar-refractivity contribution in [3.8, 4) is 5.69 Å². The molecule has 0 saturated heterocycles. The second-order valence-corrected chi connectivity index (χ2v) is 3.74. The SMILES string of the molecule is Cn1nnn(-c2c(F)cccc2CBr)c1=O. The van der Waals surface area contributed by atoms with E-state index < -0.39 is 11.5 Å². The summed E-state index contributed by atoms with van der Waals surface area (Å²) in [6, 6.07) is 4.58. The molecule has 5 nitrogen and oxygen atoms in total. The van der Waals surface area contributed by atoms with Crippen molar-refractivity contribution in [1.82, 2.24) is 19.8 Å². The smallest absolute Gasteiger partial charge is 0.244 e. The van der Waals surface area contributed by atoms with Crippen molar-refractivity contribution >= 4 is 15.9 Å². The van der Waals surface area contributed by atoms with Gasteiger partial charge in [0.2, 0.25) is 0 Å². The number of rotatable bonds is 2. The summed E-state index contributed by atoms with van der Waals surface area (Å²) < 4.78 is 15.7. The van der Waals surface area contributed by atoms with Crippen LogP contribution in [0.4, 0.5) is 4.39 Å². The molecule has 7 heteroatoms. The zero-order chi connectivity index (χ0) is 11.7. The van der Waals surface area contributed by atoms with Gasteiger partial charge in [-0.3, -0.25) is 0 Å². The summed E-state index contributed by atoms with van der Waals surface area (Å²) in [7, 11) is 1.46. The third kappa shape index (κ3) is 1.67. The molecule has 0 saturated carbocycles. The fourth-order valence-electron chi connectivity index (χ4n) is 1.36. The van der Waals surface area contributed by atoms with E-state index in [-0.39, 0.29) is 5.69 Å². The highest BCUT2D eigenvalue weighted by Crippen LogP contribution is 2.18. The average molecular weight is 287 g/mol. The van der Waals surface area contributed by atoms with Crippen molar-refractivity contribution in [2.45, 2.75) is 5.33 Å². The highest BCUT2D eigenvalue weighted by Gasteiger charge is 2.14. The van der Waals surface area contributed by atoms with Crippen LogP contribution >= 0.6 is 15.9 Å². The number of halogens is 2. The van der Waals surface area contributed by atoms with Crippen LogP contribution in [0.5, 0.6) is 0 Å². The minimum absolute atomic E-state index is 0.137. The number of tetrazole rings is 1. The zero-order valence-electron chi connectivity index (χ0n) is 8.39. The van der Waals surface area contributed by atoms with Gasteiger partial charge in [0, 0.05) is 12.4 Å². The molecule has 0 fully saturated rings. The molecule has 0 unspecified atom stereocenters. The standard InChI is InChI=1S/C9H8BrFN4O/c1-14-9(16)15(13-12-14)8-6(5-10)3-2-4-7(8)11/h2-4H,5H2,1H3. The summed E-state index contributed by atoms with van der Waals surface area (Å²) in [4.78, 5) is 11.6. The van der Waals surface area contributed by atoms with Gasteiger partial charge in [0.1, 0.15) is 11.5 Å².